The van der Waals surface area contributed by atoms with Gasteiger partial charge in [0, 0.05) is 26.2 Å². The molecule has 2 aromatic rings. The summed E-state index contributed by atoms with van der Waals surface area (Å²) in [6.45, 7) is 0. The quantitative estimate of drug-likeness (QED) is 0.861. The lowest BCUT2D eigenvalue weighted by molar-refractivity contribution is 0.182. The van der Waals surface area contributed by atoms with Crippen LogP contribution in [0.4, 0.5) is 0 Å². The molecule has 0 spiro atoms. The molecule has 0 fully saturated rings. The first-order chi connectivity index (χ1) is 9.13. The van der Waals surface area contributed by atoms with Gasteiger partial charge in [-0.1, -0.05) is 23.2 Å². The molecule has 1 aliphatic carbocycles. The van der Waals surface area contributed by atoms with Crippen molar-refractivity contribution in [1.82, 2.24) is 0 Å². The van der Waals surface area contributed by atoms with E-state index in [1.165, 1.54) is 16.9 Å². The van der Waals surface area contributed by atoms with Crippen LogP contribution >= 0.6 is 34.5 Å². The number of benzene rings is 1. The van der Waals surface area contributed by atoms with Crippen LogP contribution in [0.3, 0.4) is 0 Å². The molecule has 0 amide bonds. The number of hydrogen-bond acceptors (Lipinski definition) is 2. The highest BCUT2D eigenvalue weighted by atomic mass is 35.5. The molecule has 0 radical (unpaired) electrons. The lowest BCUT2D eigenvalue weighted by atomic mass is 10.1. The number of rotatable bonds is 3. The predicted octanol–water partition coefficient (Wildman–Crippen LogP) is 4.82. The van der Waals surface area contributed by atoms with Gasteiger partial charge in [0.05, 0.1) is 6.10 Å². The second-order valence-corrected chi connectivity index (χ2v) is 6.92. The molecule has 1 N–H and O–H groups in total. The van der Waals surface area contributed by atoms with Gasteiger partial charge in [0.2, 0.25) is 0 Å². The van der Waals surface area contributed by atoms with Gasteiger partial charge in [-0.05, 0) is 54.7 Å². The van der Waals surface area contributed by atoms with Crippen molar-refractivity contribution in [2.24, 2.45) is 0 Å². The fourth-order valence-electron chi connectivity index (χ4n) is 2.52. The fraction of sp³-hybridized carbons (Fsp3) is 0.333. The summed E-state index contributed by atoms with van der Waals surface area (Å²) in [5, 5.41) is 11.7. The zero-order valence-corrected chi connectivity index (χ0v) is 12.7. The highest BCUT2D eigenvalue weighted by Gasteiger charge is 2.19. The third-order valence-electron chi connectivity index (χ3n) is 3.52. The van der Waals surface area contributed by atoms with Crippen LogP contribution in [-0.2, 0) is 19.3 Å². The van der Waals surface area contributed by atoms with Crippen LogP contribution in [0.2, 0.25) is 10.0 Å². The Hall–Kier alpha value is -0.540. The molecule has 1 aromatic heterocycles. The highest BCUT2D eigenvalue weighted by Crippen LogP contribution is 2.35. The molecule has 4 heteroatoms. The number of aliphatic hydroxyl groups excluding tert-OH is 1. The van der Waals surface area contributed by atoms with E-state index in [-0.39, 0.29) is 0 Å². The third-order valence-corrected chi connectivity index (χ3v) is 5.46. The van der Waals surface area contributed by atoms with Crippen molar-refractivity contribution in [3.8, 4) is 0 Å². The molecule has 1 unspecified atom stereocenters. The van der Waals surface area contributed by atoms with E-state index >= 15 is 0 Å². The maximum absolute atomic E-state index is 10.4. The lowest BCUT2D eigenvalue weighted by Crippen LogP contribution is -2.00. The van der Waals surface area contributed by atoms with Crippen molar-refractivity contribution < 1.29 is 5.11 Å². The van der Waals surface area contributed by atoms with E-state index in [9.17, 15) is 5.11 Å². The maximum atomic E-state index is 10.4. The molecule has 0 bridgehead atoms. The van der Waals surface area contributed by atoms with Crippen molar-refractivity contribution in [1.29, 1.82) is 0 Å². The number of thiophene rings is 1. The van der Waals surface area contributed by atoms with E-state index < -0.39 is 6.10 Å². The van der Waals surface area contributed by atoms with Crippen molar-refractivity contribution in [3.05, 3.63) is 55.2 Å². The molecule has 19 heavy (non-hydrogen) atoms. The first-order valence-electron chi connectivity index (χ1n) is 6.37. The average Bonchev–Trinajstić information content (AvgIpc) is 2.94. The fourth-order valence-corrected chi connectivity index (χ4v) is 4.16. The van der Waals surface area contributed by atoms with Gasteiger partial charge in [-0.25, -0.2) is 0 Å². The van der Waals surface area contributed by atoms with Gasteiger partial charge in [-0.15, -0.1) is 11.3 Å². The van der Waals surface area contributed by atoms with Crippen LogP contribution in [0.25, 0.3) is 0 Å². The summed E-state index contributed by atoms with van der Waals surface area (Å²) in [6, 6.07) is 7.52. The summed E-state index contributed by atoms with van der Waals surface area (Å²) in [5.41, 5.74) is 2.31. The maximum Gasteiger partial charge on any atom is 0.0922 e. The number of halogens is 2. The van der Waals surface area contributed by atoms with E-state index in [1.807, 2.05) is 6.07 Å². The van der Waals surface area contributed by atoms with Crippen molar-refractivity contribution in [2.75, 3.05) is 0 Å². The normalized spacial score (nSPS) is 15.5. The van der Waals surface area contributed by atoms with Gasteiger partial charge in [-0.2, -0.15) is 0 Å². The molecule has 1 nitrogen and oxygen atoms in total. The number of aryl methyl sites for hydroxylation is 2. The van der Waals surface area contributed by atoms with Gasteiger partial charge in [0.1, 0.15) is 0 Å². The van der Waals surface area contributed by atoms with Crippen LogP contribution in [0.15, 0.2) is 24.3 Å². The van der Waals surface area contributed by atoms with Crippen LogP contribution in [0.5, 0.6) is 0 Å². The smallest absolute Gasteiger partial charge is 0.0922 e. The van der Waals surface area contributed by atoms with Crippen LogP contribution in [0, 0.1) is 0 Å². The summed E-state index contributed by atoms with van der Waals surface area (Å²) in [4.78, 5) is 2.48. The zero-order chi connectivity index (χ0) is 13.4. The minimum absolute atomic E-state index is 0.494. The van der Waals surface area contributed by atoms with Gasteiger partial charge < -0.3 is 5.11 Å². The standard InChI is InChI=1S/C15H14Cl2OS/c16-11-4-5-12(17)10(6-11)7-13(18)15-8-9-2-1-3-14(9)19-15/h4-6,8,13,18H,1-3,7H2. The van der Waals surface area contributed by atoms with Crippen molar-refractivity contribution in [3.63, 3.8) is 0 Å². The Morgan fingerprint density at radius 3 is 2.84 bits per heavy atom. The Bertz CT molecular complexity index is 585. The molecular weight excluding hydrogens is 299 g/mol. The Morgan fingerprint density at radius 1 is 1.21 bits per heavy atom. The van der Waals surface area contributed by atoms with Crippen molar-refractivity contribution >= 4 is 34.5 Å². The van der Waals surface area contributed by atoms with Crippen molar-refractivity contribution in [2.45, 2.75) is 31.8 Å². The first kappa shape index (κ1) is 13.4. The van der Waals surface area contributed by atoms with Gasteiger partial charge in [0.25, 0.3) is 0 Å². The van der Waals surface area contributed by atoms with Crippen LogP contribution in [0.1, 0.15) is 33.4 Å². The van der Waals surface area contributed by atoms with Gasteiger partial charge in [0.15, 0.2) is 0 Å². The largest absolute Gasteiger partial charge is 0.387 e. The van der Waals surface area contributed by atoms with E-state index in [0.717, 1.165) is 23.3 Å². The molecule has 0 saturated heterocycles. The van der Waals surface area contributed by atoms with E-state index in [2.05, 4.69) is 6.07 Å². The minimum atomic E-state index is -0.494. The molecule has 0 saturated carbocycles. The SMILES string of the molecule is OC(Cc1cc(Cl)ccc1Cl)c1cc2c(s1)CCC2. The molecule has 3 rings (SSSR count). The number of aliphatic hydroxyl groups is 1. The highest BCUT2D eigenvalue weighted by molar-refractivity contribution is 7.12. The molecule has 100 valence electrons. The second-order valence-electron chi connectivity index (χ2n) is 4.91. The summed E-state index contributed by atoms with van der Waals surface area (Å²) in [6.07, 6.45) is 3.57. The Labute approximate surface area is 126 Å². The summed E-state index contributed by atoms with van der Waals surface area (Å²) in [7, 11) is 0. The Balaban J connectivity index is 1.80. The molecule has 0 aliphatic heterocycles. The lowest BCUT2D eigenvalue weighted by Gasteiger charge is -2.10. The summed E-state index contributed by atoms with van der Waals surface area (Å²) in [5.74, 6) is 0. The molecule has 1 heterocycles. The first-order valence-corrected chi connectivity index (χ1v) is 7.94. The Kier molecular flexibility index (Phi) is 3.86. The van der Waals surface area contributed by atoms with E-state index in [1.54, 1.807) is 23.5 Å². The van der Waals surface area contributed by atoms with E-state index in [0.29, 0.717) is 16.5 Å². The topological polar surface area (TPSA) is 20.2 Å². The second kappa shape index (κ2) is 5.45. The Morgan fingerprint density at radius 2 is 2.05 bits per heavy atom. The minimum Gasteiger partial charge on any atom is -0.387 e. The third kappa shape index (κ3) is 2.82. The summed E-state index contributed by atoms with van der Waals surface area (Å²) >= 11 is 13.8. The van der Waals surface area contributed by atoms with Gasteiger partial charge >= 0.3 is 0 Å². The number of hydrogen-bond donors (Lipinski definition) is 1. The molecule has 1 aliphatic rings. The van der Waals surface area contributed by atoms with E-state index in [4.69, 9.17) is 23.2 Å². The predicted molar refractivity (Wildman–Crippen MR) is 81.5 cm³/mol. The van der Waals surface area contributed by atoms with Crippen LogP contribution in [-0.4, -0.2) is 5.11 Å². The monoisotopic (exact) mass is 312 g/mol. The average molecular weight is 313 g/mol. The molecule has 1 atom stereocenters. The van der Waals surface area contributed by atoms with Crippen LogP contribution < -0.4 is 0 Å². The summed E-state index contributed by atoms with van der Waals surface area (Å²) < 4.78 is 0. The molecule has 1 aromatic carbocycles. The van der Waals surface area contributed by atoms with Gasteiger partial charge in [-0.3, -0.25) is 0 Å². The number of fused-ring (bicyclic) bond motifs is 1. The zero-order valence-electron chi connectivity index (χ0n) is 10.3. The molecular formula is C15H14Cl2OS.